The molecule has 0 bridgehead atoms. The third-order valence-corrected chi connectivity index (χ3v) is 2.23. The highest BCUT2D eigenvalue weighted by Gasteiger charge is 2.28. The van der Waals surface area contributed by atoms with Crippen molar-refractivity contribution in [2.45, 2.75) is 25.0 Å². The fraction of sp³-hybridized carbons (Fsp3) is 0.800. The first-order chi connectivity index (χ1) is 4.30. The molecule has 2 atom stereocenters. The van der Waals surface area contributed by atoms with Crippen LogP contribution in [0.4, 0.5) is 0 Å². The molecule has 4 heteroatoms. The van der Waals surface area contributed by atoms with Crippen LogP contribution in [0.15, 0.2) is 4.99 Å². The molecule has 0 saturated heterocycles. The second-order valence-corrected chi connectivity index (χ2v) is 3.25. The summed E-state index contributed by atoms with van der Waals surface area (Å²) in [5, 5.41) is 0. The summed E-state index contributed by atoms with van der Waals surface area (Å²) >= 11 is 0. The molecule has 0 amide bonds. The number of aliphatic imine (C=N–C) groups is 1. The van der Waals surface area contributed by atoms with Crippen molar-refractivity contribution in [3.8, 4) is 0 Å². The molecule has 50 valence electrons. The molecule has 1 rings (SSSR count). The molecule has 1 heterocycles. The Labute approximate surface area is 54.7 Å². The van der Waals surface area contributed by atoms with Gasteiger partial charge in [0, 0.05) is 12.6 Å². The van der Waals surface area contributed by atoms with Crippen LogP contribution < -0.4 is 0 Å². The topological polar surface area (TPSA) is 49.7 Å². The molecule has 0 radical (unpaired) electrons. The van der Waals surface area contributed by atoms with Crippen LogP contribution in [0.5, 0.6) is 0 Å². The molecule has 1 aliphatic heterocycles. The SMILES string of the molecule is O=[P+](O)C1CCCC=N1. The van der Waals surface area contributed by atoms with E-state index in [0.717, 1.165) is 19.3 Å². The average Bonchev–Trinajstić information content (AvgIpc) is 1.90. The first-order valence-electron chi connectivity index (χ1n) is 2.97. The van der Waals surface area contributed by atoms with Crippen molar-refractivity contribution in [3.63, 3.8) is 0 Å². The lowest BCUT2D eigenvalue weighted by molar-refractivity contribution is 0.481. The summed E-state index contributed by atoms with van der Waals surface area (Å²) < 4.78 is 10.4. The quantitative estimate of drug-likeness (QED) is 0.567. The van der Waals surface area contributed by atoms with E-state index < -0.39 is 8.03 Å². The Morgan fingerprint density at radius 3 is 2.89 bits per heavy atom. The lowest BCUT2D eigenvalue weighted by Crippen LogP contribution is -2.03. The Morgan fingerprint density at radius 1 is 1.78 bits per heavy atom. The number of nitrogens with zero attached hydrogens (tertiary/aromatic N) is 1. The van der Waals surface area contributed by atoms with Crippen LogP contribution in [-0.2, 0) is 4.57 Å². The minimum atomic E-state index is -2.07. The van der Waals surface area contributed by atoms with Crippen molar-refractivity contribution in [3.05, 3.63) is 0 Å². The molecular weight excluding hydrogens is 137 g/mol. The van der Waals surface area contributed by atoms with Crippen LogP contribution in [0.25, 0.3) is 0 Å². The average molecular weight is 146 g/mol. The largest absolute Gasteiger partial charge is 0.532 e. The summed E-state index contributed by atoms with van der Waals surface area (Å²) in [7, 11) is -2.07. The van der Waals surface area contributed by atoms with E-state index in [-0.39, 0.29) is 5.78 Å². The van der Waals surface area contributed by atoms with E-state index in [1.54, 1.807) is 6.21 Å². The van der Waals surface area contributed by atoms with E-state index in [4.69, 9.17) is 4.89 Å². The molecular formula is C5H9NO2P+. The van der Waals surface area contributed by atoms with Crippen LogP contribution in [0.1, 0.15) is 19.3 Å². The summed E-state index contributed by atoms with van der Waals surface area (Å²) in [6, 6.07) is 0. The van der Waals surface area contributed by atoms with Crippen LogP contribution in [0.2, 0.25) is 0 Å². The zero-order valence-corrected chi connectivity index (χ0v) is 5.92. The molecule has 3 nitrogen and oxygen atoms in total. The molecule has 1 N–H and O–H groups in total. The molecule has 0 aromatic carbocycles. The maximum atomic E-state index is 10.4. The zero-order chi connectivity index (χ0) is 6.69. The highest BCUT2D eigenvalue weighted by molar-refractivity contribution is 7.38. The maximum Gasteiger partial charge on any atom is 0.532 e. The van der Waals surface area contributed by atoms with Gasteiger partial charge in [0.1, 0.15) is 0 Å². The normalized spacial score (nSPS) is 28.1. The predicted molar refractivity (Wildman–Crippen MR) is 36.0 cm³/mol. The van der Waals surface area contributed by atoms with Gasteiger partial charge in [-0.15, -0.1) is 0 Å². The highest BCUT2D eigenvalue weighted by atomic mass is 31.1. The number of hydrogen-bond acceptors (Lipinski definition) is 2. The molecule has 0 saturated carbocycles. The van der Waals surface area contributed by atoms with Crippen molar-refractivity contribution >= 4 is 14.2 Å². The van der Waals surface area contributed by atoms with Gasteiger partial charge in [-0.05, 0) is 17.4 Å². The monoisotopic (exact) mass is 146 g/mol. The second-order valence-electron chi connectivity index (χ2n) is 2.05. The van der Waals surface area contributed by atoms with E-state index >= 15 is 0 Å². The van der Waals surface area contributed by atoms with E-state index in [1.165, 1.54) is 0 Å². The number of hydrogen-bond donors (Lipinski definition) is 1. The smallest absolute Gasteiger partial charge is 0.243 e. The van der Waals surface area contributed by atoms with Gasteiger partial charge in [0.25, 0.3) is 5.78 Å². The van der Waals surface area contributed by atoms with Gasteiger partial charge in [-0.1, -0.05) is 0 Å². The third kappa shape index (κ3) is 1.84. The molecule has 0 aromatic rings. The Kier molecular flexibility index (Phi) is 2.31. The van der Waals surface area contributed by atoms with Gasteiger partial charge in [-0.25, -0.2) is 4.99 Å². The van der Waals surface area contributed by atoms with Crippen LogP contribution in [0.3, 0.4) is 0 Å². The van der Waals surface area contributed by atoms with Crippen molar-refractivity contribution in [1.82, 2.24) is 0 Å². The minimum Gasteiger partial charge on any atom is -0.243 e. The summed E-state index contributed by atoms with van der Waals surface area (Å²) in [4.78, 5) is 12.4. The van der Waals surface area contributed by atoms with Gasteiger partial charge in [-0.3, -0.25) is 0 Å². The summed E-state index contributed by atoms with van der Waals surface area (Å²) in [6.45, 7) is 0. The molecule has 2 unspecified atom stereocenters. The molecule has 0 fully saturated rings. The van der Waals surface area contributed by atoms with Gasteiger partial charge < -0.3 is 0 Å². The van der Waals surface area contributed by atoms with Crippen molar-refractivity contribution in [1.29, 1.82) is 0 Å². The Morgan fingerprint density at radius 2 is 2.56 bits per heavy atom. The molecule has 9 heavy (non-hydrogen) atoms. The van der Waals surface area contributed by atoms with Crippen molar-refractivity contribution < 1.29 is 9.46 Å². The zero-order valence-electron chi connectivity index (χ0n) is 5.03. The maximum absolute atomic E-state index is 10.4. The summed E-state index contributed by atoms with van der Waals surface area (Å²) in [6.07, 6.45) is 4.45. The minimum absolute atomic E-state index is 0.311. The van der Waals surface area contributed by atoms with Gasteiger partial charge >= 0.3 is 8.03 Å². The van der Waals surface area contributed by atoms with Gasteiger partial charge in [0.05, 0.1) is 0 Å². The first kappa shape index (κ1) is 6.84. The third-order valence-electron chi connectivity index (χ3n) is 1.33. The number of rotatable bonds is 1. The lowest BCUT2D eigenvalue weighted by atomic mass is 10.2. The highest BCUT2D eigenvalue weighted by Crippen LogP contribution is 2.29. The molecule has 0 aromatic heterocycles. The van der Waals surface area contributed by atoms with E-state index in [1.807, 2.05) is 0 Å². The Hall–Kier alpha value is -0.270. The van der Waals surface area contributed by atoms with Crippen LogP contribution >= 0.6 is 8.03 Å². The summed E-state index contributed by atoms with van der Waals surface area (Å²) in [5.74, 6) is -0.311. The van der Waals surface area contributed by atoms with E-state index in [9.17, 15) is 4.57 Å². The van der Waals surface area contributed by atoms with Crippen LogP contribution in [-0.4, -0.2) is 16.9 Å². The van der Waals surface area contributed by atoms with Gasteiger partial charge in [-0.2, -0.15) is 4.89 Å². The fourth-order valence-corrected chi connectivity index (χ4v) is 1.44. The predicted octanol–water partition coefficient (Wildman–Crippen LogP) is 1.30. The fourth-order valence-electron chi connectivity index (χ4n) is 0.830. The van der Waals surface area contributed by atoms with Crippen molar-refractivity contribution in [2.24, 2.45) is 4.99 Å². The molecule has 0 spiro atoms. The second kappa shape index (κ2) is 3.04. The molecule has 1 aliphatic rings. The van der Waals surface area contributed by atoms with Gasteiger partial charge in [0.2, 0.25) is 0 Å². The Bertz CT molecular complexity index is 146. The van der Waals surface area contributed by atoms with Crippen molar-refractivity contribution in [2.75, 3.05) is 0 Å². The van der Waals surface area contributed by atoms with E-state index in [2.05, 4.69) is 4.99 Å². The standard InChI is InChI=1S/C5H8NO2P/c7-9(8)5-3-1-2-4-6-5/h4-5H,1-3H2/p+1. The summed E-state index contributed by atoms with van der Waals surface area (Å²) in [5.41, 5.74) is 0. The first-order valence-corrected chi connectivity index (χ1v) is 4.26. The van der Waals surface area contributed by atoms with Gasteiger partial charge in [0.15, 0.2) is 0 Å². The molecule has 0 aliphatic carbocycles. The Balaban J connectivity index is 2.50. The lowest BCUT2D eigenvalue weighted by Gasteiger charge is -2.02. The van der Waals surface area contributed by atoms with Crippen LogP contribution in [0, 0.1) is 0 Å². The van der Waals surface area contributed by atoms with E-state index in [0.29, 0.717) is 0 Å².